The first-order chi connectivity index (χ1) is 16.5. The Kier molecular flexibility index (Phi) is 6.62. The molecule has 1 amide bonds. The third kappa shape index (κ3) is 5.18. The Balaban J connectivity index is 1.69. The van der Waals surface area contributed by atoms with Gasteiger partial charge in [0.25, 0.3) is 15.9 Å². The van der Waals surface area contributed by atoms with Crippen LogP contribution in [0.5, 0.6) is 5.75 Å². The van der Waals surface area contributed by atoms with E-state index >= 15 is 0 Å². The van der Waals surface area contributed by atoms with Gasteiger partial charge in [-0.1, -0.05) is 56.6 Å². The molecule has 2 N–H and O–H groups in total. The number of ether oxygens (including phenoxy) is 1. The van der Waals surface area contributed by atoms with Gasteiger partial charge in [-0.05, 0) is 35.9 Å². The van der Waals surface area contributed by atoms with Crippen molar-refractivity contribution in [3.8, 4) is 5.75 Å². The van der Waals surface area contributed by atoms with Gasteiger partial charge >= 0.3 is 0 Å². The van der Waals surface area contributed by atoms with Crippen LogP contribution < -0.4 is 9.46 Å². The second-order valence-corrected chi connectivity index (χ2v) is 11.3. The maximum Gasteiger partial charge on any atom is 0.283 e. The zero-order valence-corrected chi connectivity index (χ0v) is 21.4. The van der Waals surface area contributed by atoms with Crippen molar-refractivity contribution in [1.82, 2.24) is 14.7 Å². The minimum absolute atomic E-state index is 0.00502. The van der Waals surface area contributed by atoms with Crippen LogP contribution in [-0.2, 0) is 21.9 Å². The largest absolute Gasteiger partial charge is 0.495 e. The lowest BCUT2D eigenvalue weighted by Gasteiger charge is -2.19. The minimum atomic E-state index is -4.01. The van der Waals surface area contributed by atoms with Gasteiger partial charge in [-0.2, -0.15) is 0 Å². The summed E-state index contributed by atoms with van der Waals surface area (Å²) in [6.45, 7) is 6.31. The Hall–Kier alpha value is -3.36. The number of benzene rings is 2. The molecule has 0 atom stereocenters. The fourth-order valence-electron chi connectivity index (χ4n) is 3.95. The Morgan fingerprint density at radius 3 is 2.46 bits per heavy atom. The first-order valence-electron chi connectivity index (χ1n) is 11.0. The van der Waals surface area contributed by atoms with Crippen LogP contribution >= 0.6 is 11.6 Å². The van der Waals surface area contributed by atoms with Gasteiger partial charge in [0.15, 0.2) is 0 Å². The van der Waals surface area contributed by atoms with E-state index in [-0.39, 0.29) is 16.0 Å². The molecule has 9 heteroatoms. The summed E-state index contributed by atoms with van der Waals surface area (Å²) in [6, 6.07) is 16.4. The minimum Gasteiger partial charge on any atom is -0.495 e. The maximum absolute atomic E-state index is 12.8. The Morgan fingerprint density at radius 1 is 1.09 bits per heavy atom. The number of methoxy groups -OCH3 is 1. The number of nitrogens with zero attached hydrogens (tertiary/aromatic N) is 1. The lowest BCUT2D eigenvalue weighted by atomic mass is 9.87. The van der Waals surface area contributed by atoms with E-state index in [1.54, 1.807) is 37.4 Å². The number of amides is 1. The molecule has 182 valence electrons. The first kappa shape index (κ1) is 24.8. The van der Waals surface area contributed by atoms with E-state index in [4.69, 9.17) is 16.3 Å². The highest BCUT2D eigenvalue weighted by molar-refractivity contribution is 7.90. The maximum atomic E-state index is 12.8. The number of carbonyl (C=O) groups is 1. The lowest BCUT2D eigenvalue weighted by Crippen LogP contribution is -2.31. The van der Waals surface area contributed by atoms with Crippen LogP contribution in [0.4, 0.5) is 0 Å². The number of sulfonamides is 1. The van der Waals surface area contributed by atoms with Gasteiger partial charge in [-0.3, -0.25) is 4.79 Å². The van der Waals surface area contributed by atoms with E-state index < -0.39 is 15.9 Å². The Bertz CT molecular complexity index is 1510. The summed E-state index contributed by atoms with van der Waals surface area (Å²) in [6.07, 6.45) is 0.418. The summed E-state index contributed by atoms with van der Waals surface area (Å²) < 4.78 is 32.6. The monoisotopic (exact) mass is 511 g/mol. The molecular weight excluding hydrogens is 486 g/mol. The molecule has 0 aliphatic heterocycles. The van der Waals surface area contributed by atoms with Crippen LogP contribution in [0.25, 0.3) is 10.9 Å². The quantitative estimate of drug-likeness (QED) is 0.369. The molecule has 0 spiro atoms. The van der Waals surface area contributed by atoms with Gasteiger partial charge in [0.1, 0.15) is 11.4 Å². The van der Waals surface area contributed by atoms with Crippen molar-refractivity contribution < 1.29 is 17.9 Å². The molecular formula is C26H26ClN3O4S. The molecule has 0 bridgehead atoms. The van der Waals surface area contributed by atoms with Crippen LogP contribution in [-0.4, -0.2) is 31.4 Å². The molecule has 0 unspecified atom stereocenters. The molecule has 0 fully saturated rings. The number of H-pyrrole nitrogens is 1. The molecule has 2 aromatic carbocycles. The molecule has 0 saturated carbocycles. The third-order valence-corrected chi connectivity index (χ3v) is 7.25. The SMILES string of the molecule is COc1cc2[nH]c(C(C)(C)C)c(Cc3cccc(C(=O)NS(=O)(=O)c4ccccc4)n3)c2cc1Cl. The summed E-state index contributed by atoms with van der Waals surface area (Å²) in [4.78, 5) is 20.7. The van der Waals surface area contributed by atoms with Gasteiger partial charge in [0, 0.05) is 40.2 Å². The van der Waals surface area contributed by atoms with Crippen molar-refractivity contribution in [2.45, 2.75) is 37.5 Å². The summed E-state index contributed by atoms with van der Waals surface area (Å²) in [5, 5.41) is 1.43. The summed E-state index contributed by atoms with van der Waals surface area (Å²) in [7, 11) is -2.44. The highest BCUT2D eigenvalue weighted by atomic mass is 35.5. The number of nitrogens with one attached hydrogen (secondary N) is 2. The topological polar surface area (TPSA) is 101 Å². The standard InChI is InChI=1S/C26H26ClN3O4S/c1-26(2,3)24-19(18-14-20(27)23(34-4)15-22(18)29-24)13-16-9-8-12-21(28-16)25(31)30-35(32,33)17-10-6-5-7-11-17/h5-12,14-15,29H,13H2,1-4H3,(H,30,31). The van der Waals surface area contributed by atoms with Crippen LogP contribution in [0.2, 0.25) is 5.02 Å². The molecule has 35 heavy (non-hydrogen) atoms. The van der Waals surface area contributed by atoms with Gasteiger partial charge < -0.3 is 9.72 Å². The summed E-state index contributed by atoms with van der Waals surface area (Å²) >= 11 is 6.42. The number of halogens is 1. The molecule has 0 aliphatic carbocycles. The van der Waals surface area contributed by atoms with Gasteiger partial charge in [0.05, 0.1) is 17.0 Å². The van der Waals surface area contributed by atoms with Crippen LogP contribution in [0, 0.1) is 0 Å². The molecule has 4 rings (SSSR count). The van der Waals surface area contributed by atoms with E-state index in [2.05, 4.69) is 35.5 Å². The Morgan fingerprint density at radius 2 is 1.80 bits per heavy atom. The summed E-state index contributed by atoms with van der Waals surface area (Å²) in [5.74, 6) is -0.220. The second kappa shape index (κ2) is 9.36. The van der Waals surface area contributed by atoms with E-state index in [1.807, 2.05) is 12.1 Å². The van der Waals surface area contributed by atoms with E-state index in [0.717, 1.165) is 22.2 Å². The Labute approximate surface area is 209 Å². The van der Waals surface area contributed by atoms with Crippen molar-refractivity contribution in [2.75, 3.05) is 7.11 Å². The van der Waals surface area contributed by atoms with Crippen LogP contribution in [0.1, 0.15) is 48.2 Å². The molecule has 0 saturated heterocycles. The highest BCUT2D eigenvalue weighted by Crippen LogP contribution is 2.37. The predicted octanol–water partition coefficient (Wildman–Crippen LogP) is 5.23. The van der Waals surface area contributed by atoms with Crippen molar-refractivity contribution in [2.24, 2.45) is 0 Å². The first-order valence-corrected chi connectivity index (χ1v) is 12.8. The number of hydrogen-bond donors (Lipinski definition) is 2. The average molecular weight is 512 g/mol. The molecule has 0 aliphatic rings. The van der Waals surface area contributed by atoms with Gasteiger partial charge in [-0.15, -0.1) is 0 Å². The average Bonchev–Trinajstić information content (AvgIpc) is 3.16. The molecule has 0 radical (unpaired) electrons. The molecule has 2 heterocycles. The number of carbonyl (C=O) groups excluding carboxylic acids is 1. The number of fused-ring (bicyclic) bond motifs is 1. The smallest absolute Gasteiger partial charge is 0.283 e. The predicted molar refractivity (Wildman–Crippen MR) is 137 cm³/mol. The van der Waals surface area contributed by atoms with Crippen molar-refractivity contribution in [1.29, 1.82) is 0 Å². The molecule has 2 aromatic heterocycles. The zero-order chi connectivity index (χ0) is 25.4. The third-order valence-electron chi connectivity index (χ3n) is 5.61. The molecule has 7 nitrogen and oxygen atoms in total. The fraction of sp³-hybridized carbons (Fsp3) is 0.231. The van der Waals surface area contributed by atoms with Crippen LogP contribution in [0.15, 0.2) is 65.6 Å². The van der Waals surface area contributed by atoms with Gasteiger partial charge in [0.2, 0.25) is 0 Å². The number of rotatable bonds is 6. The van der Waals surface area contributed by atoms with Gasteiger partial charge in [-0.25, -0.2) is 18.1 Å². The number of aromatic amines is 1. The van der Waals surface area contributed by atoms with E-state index in [9.17, 15) is 13.2 Å². The normalized spacial score (nSPS) is 12.0. The van der Waals surface area contributed by atoms with Crippen molar-refractivity contribution >= 4 is 38.4 Å². The summed E-state index contributed by atoms with van der Waals surface area (Å²) in [5.41, 5.74) is 3.33. The lowest BCUT2D eigenvalue weighted by molar-refractivity contribution is 0.0976. The van der Waals surface area contributed by atoms with Crippen LogP contribution in [0.3, 0.4) is 0 Å². The second-order valence-electron chi connectivity index (χ2n) is 9.20. The highest BCUT2D eigenvalue weighted by Gasteiger charge is 2.25. The van der Waals surface area contributed by atoms with E-state index in [0.29, 0.717) is 22.9 Å². The number of pyridine rings is 1. The number of hydrogen-bond acceptors (Lipinski definition) is 5. The molecule has 4 aromatic rings. The zero-order valence-electron chi connectivity index (χ0n) is 19.8. The van der Waals surface area contributed by atoms with Crippen molar-refractivity contribution in [3.63, 3.8) is 0 Å². The number of aromatic nitrogens is 2. The van der Waals surface area contributed by atoms with E-state index in [1.165, 1.54) is 18.2 Å². The fourth-order valence-corrected chi connectivity index (χ4v) is 5.17. The van der Waals surface area contributed by atoms with Crippen molar-refractivity contribution in [3.05, 3.63) is 88.3 Å².